The van der Waals surface area contributed by atoms with Crippen molar-refractivity contribution in [3.8, 4) is 6.07 Å². The SMILES string of the molecule is CCOC(=O)/C(C#N)=C(/OCC)c1ccc(Br)cc1. The number of nitriles is 1. The summed E-state index contributed by atoms with van der Waals surface area (Å²) >= 11 is 3.33. The molecular formula is C14H14BrNO3. The summed E-state index contributed by atoms with van der Waals surface area (Å²) < 4.78 is 11.2. The van der Waals surface area contributed by atoms with Crippen LogP contribution in [0.4, 0.5) is 0 Å². The molecule has 0 bridgehead atoms. The van der Waals surface area contributed by atoms with Gasteiger partial charge < -0.3 is 9.47 Å². The zero-order valence-corrected chi connectivity index (χ0v) is 12.4. The molecule has 0 saturated carbocycles. The monoisotopic (exact) mass is 323 g/mol. The highest BCUT2D eigenvalue weighted by atomic mass is 79.9. The van der Waals surface area contributed by atoms with E-state index >= 15 is 0 Å². The van der Waals surface area contributed by atoms with Crippen molar-refractivity contribution >= 4 is 27.7 Å². The quantitative estimate of drug-likeness (QED) is 0.361. The highest BCUT2D eigenvalue weighted by Gasteiger charge is 2.19. The number of rotatable bonds is 5. The van der Waals surface area contributed by atoms with Crippen LogP contribution in [0.15, 0.2) is 34.3 Å². The predicted molar refractivity (Wildman–Crippen MR) is 74.9 cm³/mol. The molecule has 19 heavy (non-hydrogen) atoms. The first-order chi connectivity index (χ1) is 9.13. The first-order valence-corrected chi connectivity index (χ1v) is 6.63. The van der Waals surface area contributed by atoms with Gasteiger partial charge in [-0.25, -0.2) is 4.79 Å². The van der Waals surface area contributed by atoms with Crippen molar-refractivity contribution in [2.45, 2.75) is 13.8 Å². The van der Waals surface area contributed by atoms with Gasteiger partial charge in [0.2, 0.25) is 0 Å². The molecule has 0 spiro atoms. The molecule has 0 amide bonds. The van der Waals surface area contributed by atoms with Crippen molar-refractivity contribution in [2.75, 3.05) is 13.2 Å². The molecule has 0 saturated heterocycles. The first kappa shape index (κ1) is 15.3. The maximum Gasteiger partial charge on any atom is 0.352 e. The Hall–Kier alpha value is -1.80. The molecule has 5 heteroatoms. The maximum absolute atomic E-state index is 11.7. The van der Waals surface area contributed by atoms with Crippen LogP contribution in [0.25, 0.3) is 5.76 Å². The third-order valence-corrected chi connectivity index (χ3v) is 2.74. The number of ether oxygens (including phenoxy) is 2. The van der Waals surface area contributed by atoms with Gasteiger partial charge in [-0.3, -0.25) is 0 Å². The summed E-state index contributed by atoms with van der Waals surface area (Å²) in [6, 6.07) is 9.02. The fourth-order valence-electron chi connectivity index (χ4n) is 1.44. The van der Waals surface area contributed by atoms with Crippen molar-refractivity contribution in [3.05, 3.63) is 39.9 Å². The number of hydrogen-bond donors (Lipinski definition) is 0. The Bertz CT molecular complexity index is 514. The highest BCUT2D eigenvalue weighted by Crippen LogP contribution is 2.23. The van der Waals surface area contributed by atoms with Crippen LogP contribution < -0.4 is 0 Å². The van der Waals surface area contributed by atoms with Gasteiger partial charge in [-0.2, -0.15) is 5.26 Å². The molecule has 0 radical (unpaired) electrons. The van der Waals surface area contributed by atoms with Gasteiger partial charge >= 0.3 is 5.97 Å². The molecule has 0 heterocycles. The Labute approximate surface area is 120 Å². The fraction of sp³-hybridized carbons (Fsp3) is 0.286. The molecule has 1 aromatic carbocycles. The number of nitrogens with zero attached hydrogens (tertiary/aromatic N) is 1. The Morgan fingerprint density at radius 1 is 1.21 bits per heavy atom. The van der Waals surface area contributed by atoms with Gasteiger partial charge in [-0.15, -0.1) is 0 Å². The summed E-state index contributed by atoms with van der Waals surface area (Å²) in [5.41, 5.74) is 0.542. The second-order valence-electron chi connectivity index (χ2n) is 3.48. The summed E-state index contributed by atoms with van der Waals surface area (Å²) in [5.74, 6) is -0.424. The summed E-state index contributed by atoms with van der Waals surface area (Å²) in [5, 5.41) is 9.14. The standard InChI is InChI=1S/C14H14BrNO3/c1-3-18-13(10-5-7-11(15)8-6-10)12(9-16)14(17)19-4-2/h5-8H,3-4H2,1-2H3/b13-12+. The van der Waals surface area contributed by atoms with Gasteiger partial charge in [0.1, 0.15) is 6.07 Å². The minimum atomic E-state index is -0.670. The lowest BCUT2D eigenvalue weighted by Gasteiger charge is -2.11. The Morgan fingerprint density at radius 2 is 1.79 bits per heavy atom. The van der Waals surface area contributed by atoms with E-state index < -0.39 is 5.97 Å². The topological polar surface area (TPSA) is 59.3 Å². The molecule has 0 aromatic heterocycles. The van der Waals surface area contributed by atoms with Crippen LogP contribution in [-0.4, -0.2) is 19.2 Å². The van der Waals surface area contributed by atoms with E-state index in [9.17, 15) is 4.79 Å². The molecule has 4 nitrogen and oxygen atoms in total. The van der Waals surface area contributed by atoms with Crippen molar-refractivity contribution in [1.82, 2.24) is 0 Å². The fourth-order valence-corrected chi connectivity index (χ4v) is 1.70. The lowest BCUT2D eigenvalue weighted by atomic mass is 10.1. The largest absolute Gasteiger partial charge is 0.492 e. The lowest BCUT2D eigenvalue weighted by molar-refractivity contribution is -0.138. The number of carbonyl (C=O) groups is 1. The Kier molecular flexibility index (Phi) is 6.10. The molecule has 0 aliphatic rings. The van der Waals surface area contributed by atoms with E-state index in [4.69, 9.17) is 14.7 Å². The number of benzene rings is 1. The molecule has 1 aromatic rings. The van der Waals surface area contributed by atoms with Gasteiger partial charge in [0.25, 0.3) is 0 Å². The van der Waals surface area contributed by atoms with Crippen LogP contribution >= 0.6 is 15.9 Å². The summed E-state index contributed by atoms with van der Waals surface area (Å²) in [4.78, 5) is 11.7. The van der Waals surface area contributed by atoms with Gasteiger partial charge in [0.15, 0.2) is 11.3 Å². The van der Waals surface area contributed by atoms with Crippen LogP contribution in [-0.2, 0) is 14.3 Å². The smallest absolute Gasteiger partial charge is 0.352 e. The van der Waals surface area contributed by atoms with E-state index in [0.29, 0.717) is 12.2 Å². The van der Waals surface area contributed by atoms with Crippen LogP contribution in [0.2, 0.25) is 0 Å². The molecule has 0 fully saturated rings. The average Bonchev–Trinajstić information content (AvgIpc) is 2.40. The van der Waals surface area contributed by atoms with E-state index in [2.05, 4.69) is 15.9 Å². The van der Waals surface area contributed by atoms with Crippen molar-refractivity contribution in [3.63, 3.8) is 0 Å². The third-order valence-electron chi connectivity index (χ3n) is 2.21. The van der Waals surface area contributed by atoms with Gasteiger partial charge in [-0.1, -0.05) is 28.1 Å². The Morgan fingerprint density at radius 3 is 2.26 bits per heavy atom. The lowest BCUT2D eigenvalue weighted by Crippen LogP contribution is -2.10. The normalized spacial score (nSPS) is 11.3. The molecule has 0 atom stereocenters. The van der Waals surface area contributed by atoms with E-state index in [1.165, 1.54) is 0 Å². The van der Waals surface area contributed by atoms with Crippen LogP contribution in [0, 0.1) is 11.3 Å². The zero-order valence-electron chi connectivity index (χ0n) is 10.8. The zero-order chi connectivity index (χ0) is 14.3. The van der Waals surface area contributed by atoms with Gasteiger partial charge in [0.05, 0.1) is 13.2 Å². The molecule has 0 aliphatic carbocycles. The average molecular weight is 324 g/mol. The first-order valence-electron chi connectivity index (χ1n) is 5.84. The van der Waals surface area contributed by atoms with Crippen molar-refractivity contribution in [1.29, 1.82) is 5.26 Å². The predicted octanol–water partition coefficient (Wildman–Crippen LogP) is 3.28. The van der Waals surface area contributed by atoms with E-state index in [-0.39, 0.29) is 17.9 Å². The number of hydrogen-bond acceptors (Lipinski definition) is 4. The van der Waals surface area contributed by atoms with Gasteiger partial charge in [-0.05, 0) is 26.0 Å². The third kappa shape index (κ3) is 4.11. The minimum Gasteiger partial charge on any atom is -0.492 e. The second kappa shape index (κ2) is 7.59. The number of esters is 1. The summed E-state index contributed by atoms with van der Waals surface area (Å²) in [7, 11) is 0. The molecule has 1 rings (SSSR count). The Balaban J connectivity index is 3.27. The van der Waals surface area contributed by atoms with Crippen LogP contribution in [0.3, 0.4) is 0 Å². The van der Waals surface area contributed by atoms with Crippen LogP contribution in [0.1, 0.15) is 19.4 Å². The second-order valence-corrected chi connectivity index (χ2v) is 4.39. The van der Waals surface area contributed by atoms with Gasteiger partial charge in [0, 0.05) is 10.0 Å². The van der Waals surface area contributed by atoms with Crippen molar-refractivity contribution < 1.29 is 14.3 Å². The number of carbonyl (C=O) groups excluding carboxylic acids is 1. The van der Waals surface area contributed by atoms with E-state index in [1.807, 2.05) is 18.2 Å². The van der Waals surface area contributed by atoms with E-state index in [1.54, 1.807) is 26.0 Å². The highest BCUT2D eigenvalue weighted by molar-refractivity contribution is 9.10. The summed E-state index contributed by atoms with van der Waals surface area (Å²) in [6.45, 7) is 4.05. The molecule has 100 valence electrons. The number of halogens is 1. The van der Waals surface area contributed by atoms with Crippen molar-refractivity contribution in [2.24, 2.45) is 0 Å². The molecule has 0 N–H and O–H groups in total. The minimum absolute atomic E-state index is 0.119. The van der Waals surface area contributed by atoms with Crippen LogP contribution in [0.5, 0.6) is 0 Å². The molecule has 0 unspecified atom stereocenters. The maximum atomic E-state index is 11.7. The van der Waals surface area contributed by atoms with E-state index in [0.717, 1.165) is 4.47 Å². The molecular weight excluding hydrogens is 310 g/mol. The summed E-state index contributed by atoms with van der Waals surface area (Å²) in [6.07, 6.45) is 0. The molecule has 0 aliphatic heterocycles.